The maximum atomic E-state index is 12.2. The maximum absolute atomic E-state index is 12.2. The lowest BCUT2D eigenvalue weighted by Crippen LogP contribution is -2.46. The molecule has 0 unspecified atom stereocenters. The SMILES string of the molecule is CCN1CCN(c2ccc(NC(=O)COC(=O)c3cccc([N+](=O)[O-])c3C)cc2)CC1. The van der Waals surface area contributed by atoms with Crippen molar-refractivity contribution in [2.45, 2.75) is 13.8 Å². The van der Waals surface area contributed by atoms with Crippen molar-refractivity contribution in [3.8, 4) is 0 Å². The van der Waals surface area contributed by atoms with Gasteiger partial charge in [0.05, 0.1) is 10.5 Å². The minimum Gasteiger partial charge on any atom is -0.452 e. The van der Waals surface area contributed by atoms with E-state index in [9.17, 15) is 19.7 Å². The van der Waals surface area contributed by atoms with Gasteiger partial charge < -0.3 is 19.9 Å². The van der Waals surface area contributed by atoms with Gasteiger partial charge in [0.25, 0.3) is 11.6 Å². The van der Waals surface area contributed by atoms with Crippen LogP contribution in [0.25, 0.3) is 0 Å². The number of nitrogens with one attached hydrogen (secondary N) is 1. The van der Waals surface area contributed by atoms with Crippen LogP contribution in [0.15, 0.2) is 42.5 Å². The molecule has 0 bridgehead atoms. The molecule has 9 nitrogen and oxygen atoms in total. The molecule has 0 aliphatic carbocycles. The van der Waals surface area contributed by atoms with Crippen LogP contribution in [0.5, 0.6) is 0 Å². The van der Waals surface area contributed by atoms with Crippen molar-refractivity contribution in [2.24, 2.45) is 0 Å². The van der Waals surface area contributed by atoms with Crippen molar-refractivity contribution in [3.05, 3.63) is 63.7 Å². The highest BCUT2D eigenvalue weighted by molar-refractivity contribution is 5.96. The first-order valence-corrected chi connectivity index (χ1v) is 10.2. The van der Waals surface area contributed by atoms with Gasteiger partial charge in [0.15, 0.2) is 6.61 Å². The highest BCUT2D eigenvalue weighted by Gasteiger charge is 2.20. The zero-order valence-corrected chi connectivity index (χ0v) is 17.7. The summed E-state index contributed by atoms with van der Waals surface area (Å²) in [5, 5.41) is 13.7. The molecule has 3 rings (SSSR count). The summed E-state index contributed by atoms with van der Waals surface area (Å²) in [5.74, 6) is -1.27. The maximum Gasteiger partial charge on any atom is 0.339 e. The predicted octanol–water partition coefficient (Wildman–Crippen LogP) is 2.84. The zero-order chi connectivity index (χ0) is 22.4. The number of rotatable bonds is 7. The Morgan fingerprint density at radius 2 is 1.77 bits per heavy atom. The average Bonchev–Trinajstić information content (AvgIpc) is 2.78. The van der Waals surface area contributed by atoms with Crippen molar-refractivity contribution < 1.29 is 19.2 Å². The molecule has 1 amide bonds. The Morgan fingerprint density at radius 1 is 1.10 bits per heavy atom. The molecule has 164 valence electrons. The van der Waals surface area contributed by atoms with Gasteiger partial charge >= 0.3 is 5.97 Å². The van der Waals surface area contributed by atoms with Crippen molar-refractivity contribution in [3.63, 3.8) is 0 Å². The van der Waals surface area contributed by atoms with Gasteiger partial charge in [0.1, 0.15) is 0 Å². The van der Waals surface area contributed by atoms with Crippen molar-refractivity contribution in [1.29, 1.82) is 0 Å². The minimum atomic E-state index is -0.780. The van der Waals surface area contributed by atoms with Crippen LogP contribution in [-0.4, -0.2) is 61.0 Å². The molecule has 1 saturated heterocycles. The Labute approximate surface area is 180 Å². The molecule has 1 N–H and O–H groups in total. The summed E-state index contributed by atoms with van der Waals surface area (Å²) in [5.41, 5.74) is 1.79. The van der Waals surface area contributed by atoms with Crippen LogP contribution in [0.1, 0.15) is 22.8 Å². The fourth-order valence-corrected chi connectivity index (χ4v) is 3.53. The summed E-state index contributed by atoms with van der Waals surface area (Å²) in [7, 11) is 0. The van der Waals surface area contributed by atoms with Crippen LogP contribution >= 0.6 is 0 Å². The summed E-state index contributed by atoms with van der Waals surface area (Å²) in [4.78, 5) is 39.5. The minimum absolute atomic E-state index is 0.0644. The Balaban J connectivity index is 1.51. The second-order valence-corrected chi connectivity index (χ2v) is 7.30. The van der Waals surface area contributed by atoms with E-state index in [4.69, 9.17) is 4.74 Å². The summed E-state index contributed by atoms with van der Waals surface area (Å²) in [6, 6.07) is 11.7. The van der Waals surface area contributed by atoms with Gasteiger partial charge in [-0.15, -0.1) is 0 Å². The van der Waals surface area contributed by atoms with Crippen molar-refractivity contribution in [2.75, 3.05) is 49.5 Å². The predicted molar refractivity (Wildman–Crippen MR) is 118 cm³/mol. The monoisotopic (exact) mass is 426 g/mol. The number of ether oxygens (including phenoxy) is 1. The molecule has 0 spiro atoms. The number of likely N-dealkylation sites (N-methyl/N-ethyl adjacent to an activating group) is 1. The van der Waals surface area contributed by atoms with E-state index >= 15 is 0 Å². The zero-order valence-electron chi connectivity index (χ0n) is 17.7. The van der Waals surface area contributed by atoms with E-state index in [2.05, 4.69) is 22.0 Å². The Hall–Kier alpha value is -3.46. The van der Waals surface area contributed by atoms with Crippen molar-refractivity contribution >= 4 is 28.9 Å². The fourth-order valence-electron chi connectivity index (χ4n) is 3.53. The highest BCUT2D eigenvalue weighted by atomic mass is 16.6. The average molecular weight is 426 g/mol. The standard InChI is InChI=1S/C22H26N4O5/c1-3-24-11-13-25(14-12-24)18-9-7-17(8-10-18)23-21(27)15-31-22(28)19-5-4-6-20(16(19)2)26(29)30/h4-10H,3,11-15H2,1-2H3,(H,23,27). The fraction of sp³-hybridized carbons (Fsp3) is 0.364. The molecular weight excluding hydrogens is 400 g/mol. The topological polar surface area (TPSA) is 105 Å². The highest BCUT2D eigenvalue weighted by Crippen LogP contribution is 2.22. The number of nitrogens with zero attached hydrogens (tertiary/aromatic N) is 3. The van der Waals surface area contributed by atoms with Crippen LogP contribution in [0.4, 0.5) is 17.1 Å². The molecule has 0 radical (unpaired) electrons. The van der Waals surface area contributed by atoms with Gasteiger partial charge in [-0.05, 0) is 43.8 Å². The number of carbonyl (C=O) groups is 2. The largest absolute Gasteiger partial charge is 0.452 e. The molecule has 2 aromatic carbocycles. The lowest BCUT2D eigenvalue weighted by Gasteiger charge is -2.35. The molecule has 0 saturated carbocycles. The van der Waals surface area contributed by atoms with Crippen LogP contribution in [-0.2, 0) is 9.53 Å². The summed E-state index contributed by atoms with van der Waals surface area (Å²) in [6.45, 7) is 8.20. The Morgan fingerprint density at radius 3 is 2.39 bits per heavy atom. The first-order chi connectivity index (χ1) is 14.9. The van der Waals surface area contributed by atoms with Crippen LogP contribution in [0, 0.1) is 17.0 Å². The third-order valence-corrected chi connectivity index (χ3v) is 5.39. The summed E-state index contributed by atoms with van der Waals surface area (Å²) < 4.78 is 5.03. The third-order valence-electron chi connectivity index (χ3n) is 5.39. The molecular formula is C22H26N4O5. The number of amides is 1. The lowest BCUT2D eigenvalue weighted by atomic mass is 10.1. The molecule has 9 heteroatoms. The first kappa shape index (κ1) is 22.2. The van der Waals surface area contributed by atoms with Gasteiger partial charge in [-0.25, -0.2) is 4.79 Å². The summed E-state index contributed by atoms with van der Waals surface area (Å²) >= 11 is 0. The van der Waals surface area contributed by atoms with E-state index in [0.29, 0.717) is 5.69 Å². The second kappa shape index (κ2) is 10.0. The molecule has 1 aliphatic heterocycles. The molecule has 0 aromatic heterocycles. The van der Waals surface area contributed by atoms with Crippen LogP contribution in [0.3, 0.4) is 0 Å². The number of hydrogen-bond acceptors (Lipinski definition) is 7. The number of piperazine rings is 1. The van der Waals surface area contributed by atoms with Gasteiger partial charge in [-0.2, -0.15) is 0 Å². The number of anilines is 2. The number of esters is 1. The quantitative estimate of drug-likeness (QED) is 0.412. The Kier molecular flexibility index (Phi) is 7.19. The van der Waals surface area contributed by atoms with E-state index in [-0.39, 0.29) is 16.8 Å². The molecule has 1 aliphatic rings. The molecule has 1 heterocycles. The number of nitro groups is 1. The first-order valence-electron chi connectivity index (χ1n) is 10.2. The smallest absolute Gasteiger partial charge is 0.339 e. The molecule has 0 atom stereocenters. The van der Waals surface area contributed by atoms with Gasteiger partial charge in [0, 0.05) is 49.2 Å². The molecule has 2 aromatic rings. The van der Waals surface area contributed by atoms with E-state index in [1.54, 1.807) is 0 Å². The van der Waals surface area contributed by atoms with Crippen LogP contribution < -0.4 is 10.2 Å². The van der Waals surface area contributed by atoms with Crippen molar-refractivity contribution in [1.82, 2.24) is 4.90 Å². The molecule has 1 fully saturated rings. The molecule has 31 heavy (non-hydrogen) atoms. The number of hydrogen-bond donors (Lipinski definition) is 1. The van der Waals surface area contributed by atoms with Crippen LogP contribution in [0.2, 0.25) is 0 Å². The number of nitro benzene ring substituents is 1. The second-order valence-electron chi connectivity index (χ2n) is 7.30. The normalized spacial score (nSPS) is 14.2. The third kappa shape index (κ3) is 5.58. The van der Waals surface area contributed by atoms with Gasteiger partial charge in [-0.1, -0.05) is 13.0 Å². The summed E-state index contributed by atoms with van der Waals surface area (Å²) in [6.07, 6.45) is 0. The number of carbonyl (C=O) groups excluding carboxylic acids is 2. The number of benzene rings is 2. The van der Waals surface area contributed by atoms with E-state index in [1.165, 1.54) is 25.1 Å². The van der Waals surface area contributed by atoms with Gasteiger partial charge in [-0.3, -0.25) is 14.9 Å². The Bertz CT molecular complexity index is 953. The lowest BCUT2D eigenvalue weighted by molar-refractivity contribution is -0.385. The van der Waals surface area contributed by atoms with E-state index in [1.807, 2.05) is 24.3 Å². The van der Waals surface area contributed by atoms with E-state index < -0.39 is 23.4 Å². The van der Waals surface area contributed by atoms with Gasteiger partial charge in [0.2, 0.25) is 0 Å². The van der Waals surface area contributed by atoms with E-state index in [0.717, 1.165) is 38.4 Å².